The molecular formula is C17H20ClFN6O4. The SMILES string of the molecule is CC(C)[C@H](N)C(=O)OC[C@]1(F)C[C@@H](O)[C@](C#N)(n2cc(Cl)c3c(N)ncnc32)O1. The summed E-state index contributed by atoms with van der Waals surface area (Å²) in [7, 11) is 0. The number of nitrogens with zero attached hydrogens (tertiary/aromatic N) is 4. The molecule has 1 aliphatic heterocycles. The van der Waals surface area contributed by atoms with Crippen LogP contribution in [0.4, 0.5) is 10.2 Å². The van der Waals surface area contributed by atoms with E-state index in [-0.39, 0.29) is 27.8 Å². The number of fused-ring (bicyclic) bond motifs is 1. The number of aliphatic hydroxyl groups excluding tert-OH is 1. The van der Waals surface area contributed by atoms with Gasteiger partial charge in [0.1, 0.15) is 36.0 Å². The van der Waals surface area contributed by atoms with Crippen LogP contribution >= 0.6 is 11.6 Å². The van der Waals surface area contributed by atoms with Crippen molar-refractivity contribution in [3.8, 4) is 6.07 Å². The number of carbonyl (C=O) groups is 1. The topological polar surface area (TPSA) is 162 Å². The zero-order valence-corrected chi connectivity index (χ0v) is 16.4. The van der Waals surface area contributed by atoms with E-state index in [0.29, 0.717) is 0 Å². The summed E-state index contributed by atoms with van der Waals surface area (Å²) in [5.41, 5.74) is 9.34. The second-order valence-electron chi connectivity index (χ2n) is 7.20. The van der Waals surface area contributed by atoms with Gasteiger partial charge in [-0.05, 0) is 5.92 Å². The van der Waals surface area contributed by atoms with Crippen LogP contribution in [-0.2, 0) is 20.0 Å². The van der Waals surface area contributed by atoms with E-state index in [1.54, 1.807) is 19.9 Å². The molecule has 0 saturated carbocycles. The fourth-order valence-electron chi connectivity index (χ4n) is 3.11. The third-order valence-electron chi connectivity index (χ3n) is 4.79. The van der Waals surface area contributed by atoms with Crippen molar-refractivity contribution in [3.63, 3.8) is 0 Å². The van der Waals surface area contributed by atoms with Gasteiger partial charge < -0.3 is 21.3 Å². The fourth-order valence-corrected chi connectivity index (χ4v) is 3.38. The Hall–Kier alpha value is -2.52. The normalized spacial score (nSPS) is 27.9. The van der Waals surface area contributed by atoms with E-state index in [2.05, 4.69) is 9.97 Å². The van der Waals surface area contributed by atoms with Crippen molar-refractivity contribution in [1.29, 1.82) is 5.26 Å². The lowest BCUT2D eigenvalue weighted by Gasteiger charge is -2.28. The first-order valence-electron chi connectivity index (χ1n) is 8.73. The number of anilines is 1. The molecule has 0 amide bonds. The number of carbonyl (C=O) groups excluding carboxylic acids is 1. The molecular weight excluding hydrogens is 407 g/mol. The Morgan fingerprint density at radius 1 is 1.62 bits per heavy atom. The lowest BCUT2D eigenvalue weighted by atomic mass is 10.1. The summed E-state index contributed by atoms with van der Waals surface area (Å²) in [5, 5.41) is 20.6. The number of alkyl halides is 1. The number of hydrogen-bond acceptors (Lipinski definition) is 9. The van der Waals surface area contributed by atoms with Crippen LogP contribution in [0.3, 0.4) is 0 Å². The van der Waals surface area contributed by atoms with Crippen LogP contribution in [-0.4, -0.2) is 50.2 Å². The lowest BCUT2D eigenvalue weighted by molar-refractivity contribution is -0.217. The minimum Gasteiger partial charge on any atom is -0.458 e. The number of ether oxygens (including phenoxy) is 2. The maximum absolute atomic E-state index is 15.3. The number of esters is 1. The molecule has 5 N–H and O–H groups in total. The second kappa shape index (κ2) is 7.38. The number of halogens is 2. The Morgan fingerprint density at radius 2 is 2.31 bits per heavy atom. The summed E-state index contributed by atoms with van der Waals surface area (Å²) in [6.07, 6.45) is 0.116. The van der Waals surface area contributed by atoms with Gasteiger partial charge >= 0.3 is 5.97 Å². The minimum atomic E-state index is -2.64. The van der Waals surface area contributed by atoms with Gasteiger partial charge in [-0.15, -0.1) is 0 Å². The van der Waals surface area contributed by atoms with Gasteiger partial charge in [0, 0.05) is 12.6 Å². The molecule has 1 saturated heterocycles. The van der Waals surface area contributed by atoms with Crippen LogP contribution in [0.15, 0.2) is 12.5 Å². The smallest absolute Gasteiger partial charge is 0.323 e. The highest BCUT2D eigenvalue weighted by Gasteiger charge is 2.60. The van der Waals surface area contributed by atoms with E-state index < -0.39 is 42.7 Å². The first kappa shape index (κ1) is 21.2. The van der Waals surface area contributed by atoms with E-state index in [1.807, 2.05) is 0 Å². The van der Waals surface area contributed by atoms with E-state index in [9.17, 15) is 15.2 Å². The van der Waals surface area contributed by atoms with Crippen molar-refractivity contribution in [2.75, 3.05) is 12.3 Å². The Labute approximate surface area is 170 Å². The number of aliphatic hydroxyl groups is 1. The zero-order valence-electron chi connectivity index (χ0n) is 15.7. The summed E-state index contributed by atoms with van der Waals surface area (Å²) >= 11 is 6.16. The molecule has 0 radical (unpaired) electrons. The van der Waals surface area contributed by atoms with Crippen molar-refractivity contribution >= 4 is 34.4 Å². The van der Waals surface area contributed by atoms with E-state index in [1.165, 1.54) is 6.20 Å². The molecule has 2 aromatic rings. The van der Waals surface area contributed by atoms with Gasteiger partial charge in [0.2, 0.25) is 5.85 Å². The number of hydrogen-bond donors (Lipinski definition) is 3. The maximum atomic E-state index is 15.3. The second-order valence-corrected chi connectivity index (χ2v) is 7.60. The lowest BCUT2D eigenvalue weighted by Crippen LogP contribution is -2.43. The highest BCUT2D eigenvalue weighted by atomic mass is 35.5. The molecule has 10 nitrogen and oxygen atoms in total. The van der Waals surface area contributed by atoms with Crippen LogP contribution < -0.4 is 11.5 Å². The van der Waals surface area contributed by atoms with Crippen molar-refractivity contribution in [3.05, 3.63) is 17.5 Å². The Bertz CT molecular complexity index is 994. The average Bonchev–Trinajstić information content (AvgIpc) is 3.14. The van der Waals surface area contributed by atoms with Gasteiger partial charge in [-0.2, -0.15) is 5.26 Å². The number of nitrogen functional groups attached to an aromatic ring is 1. The molecule has 0 bridgehead atoms. The van der Waals surface area contributed by atoms with Crippen LogP contribution in [0.5, 0.6) is 0 Å². The van der Waals surface area contributed by atoms with Gasteiger partial charge in [0.05, 0.1) is 10.4 Å². The van der Waals surface area contributed by atoms with Gasteiger partial charge in [-0.1, -0.05) is 25.4 Å². The van der Waals surface area contributed by atoms with Crippen LogP contribution in [0.1, 0.15) is 20.3 Å². The van der Waals surface area contributed by atoms with Crippen molar-refractivity contribution in [1.82, 2.24) is 14.5 Å². The predicted octanol–water partition coefficient (Wildman–Crippen LogP) is 0.817. The first-order valence-corrected chi connectivity index (χ1v) is 9.10. The molecule has 0 spiro atoms. The van der Waals surface area contributed by atoms with Crippen LogP contribution in [0.2, 0.25) is 5.02 Å². The molecule has 0 unspecified atom stereocenters. The monoisotopic (exact) mass is 426 g/mol. The summed E-state index contributed by atoms with van der Waals surface area (Å²) in [6.45, 7) is 2.57. The van der Waals surface area contributed by atoms with Gasteiger partial charge in [-0.3, -0.25) is 14.1 Å². The minimum absolute atomic E-state index is 0.0439. The Balaban J connectivity index is 1.93. The predicted molar refractivity (Wildman–Crippen MR) is 99.9 cm³/mol. The van der Waals surface area contributed by atoms with E-state index in [0.717, 1.165) is 10.9 Å². The van der Waals surface area contributed by atoms with Gasteiger partial charge in [0.25, 0.3) is 5.72 Å². The molecule has 3 heterocycles. The Morgan fingerprint density at radius 3 is 2.93 bits per heavy atom. The summed E-state index contributed by atoms with van der Waals surface area (Å²) < 4.78 is 26.6. The van der Waals surface area contributed by atoms with Crippen LogP contribution in [0.25, 0.3) is 11.0 Å². The third kappa shape index (κ3) is 3.49. The summed E-state index contributed by atoms with van der Waals surface area (Å²) in [5.74, 6) is -3.63. The number of aromatic nitrogens is 3. The van der Waals surface area contributed by atoms with Crippen LogP contribution in [0, 0.1) is 17.2 Å². The number of nitriles is 1. The van der Waals surface area contributed by atoms with Gasteiger partial charge in [0.15, 0.2) is 6.61 Å². The van der Waals surface area contributed by atoms with Crippen molar-refractivity contribution in [2.24, 2.45) is 11.7 Å². The molecule has 29 heavy (non-hydrogen) atoms. The quantitative estimate of drug-likeness (QED) is 0.587. The first-order chi connectivity index (χ1) is 13.5. The van der Waals surface area contributed by atoms with Gasteiger partial charge in [-0.25, -0.2) is 14.4 Å². The molecule has 12 heteroatoms. The molecule has 0 aliphatic carbocycles. The maximum Gasteiger partial charge on any atom is 0.323 e. The highest BCUT2D eigenvalue weighted by molar-refractivity contribution is 6.36. The largest absolute Gasteiger partial charge is 0.458 e. The van der Waals surface area contributed by atoms with E-state index >= 15 is 4.39 Å². The average molecular weight is 427 g/mol. The molecule has 3 rings (SSSR count). The standard InChI is InChI=1S/C17H20ClFN6O4/c1-8(2)12(21)15(27)28-6-16(19)3-10(26)17(5-20,29-16)25-4-9(18)11-13(22)23-7-24-14(11)25/h4,7-8,10,12,26H,3,6,21H2,1-2H3,(H2,22,23,24)/t10-,12+,16+,17-/m1/s1. The highest BCUT2D eigenvalue weighted by Crippen LogP contribution is 2.45. The fraction of sp³-hybridized carbons (Fsp3) is 0.529. The molecule has 1 fully saturated rings. The third-order valence-corrected chi connectivity index (χ3v) is 5.08. The summed E-state index contributed by atoms with van der Waals surface area (Å²) in [4.78, 5) is 19.8. The Kier molecular flexibility index (Phi) is 5.40. The summed E-state index contributed by atoms with van der Waals surface area (Å²) in [6, 6.07) is 0.831. The molecule has 4 atom stereocenters. The van der Waals surface area contributed by atoms with Crippen molar-refractivity contribution in [2.45, 2.75) is 44.0 Å². The number of nitrogens with two attached hydrogens (primary N) is 2. The van der Waals surface area contributed by atoms with Crippen molar-refractivity contribution < 1.29 is 23.8 Å². The number of rotatable bonds is 5. The molecule has 0 aromatic carbocycles. The zero-order chi connectivity index (χ0) is 21.6. The van der Waals surface area contributed by atoms with E-state index in [4.69, 9.17) is 32.5 Å². The molecule has 156 valence electrons. The molecule has 1 aliphatic rings. The molecule has 2 aromatic heterocycles.